The maximum atomic E-state index is 13.7. The van der Waals surface area contributed by atoms with E-state index in [0.717, 1.165) is 32.1 Å². The molecule has 0 radical (unpaired) electrons. The lowest BCUT2D eigenvalue weighted by atomic mass is 10.1. The number of rotatable bonds is 15. The van der Waals surface area contributed by atoms with E-state index in [2.05, 4.69) is 6.92 Å². The topological polar surface area (TPSA) is 131 Å². The van der Waals surface area contributed by atoms with E-state index < -0.39 is 17.7 Å². The number of nitro groups is 2. The Balaban J connectivity index is 2.28. The van der Waals surface area contributed by atoms with Gasteiger partial charge < -0.3 is 9.05 Å². The van der Waals surface area contributed by atoms with Crippen molar-refractivity contribution in [2.24, 2.45) is 0 Å². The lowest BCUT2D eigenvalue weighted by Crippen LogP contribution is -2.16. The van der Waals surface area contributed by atoms with Crippen molar-refractivity contribution in [2.45, 2.75) is 64.9 Å². The van der Waals surface area contributed by atoms with Crippen molar-refractivity contribution in [1.29, 1.82) is 0 Å². The number of hydrogen-bond acceptors (Lipinski definition) is 8. The van der Waals surface area contributed by atoms with Crippen molar-refractivity contribution >= 4 is 19.2 Å². The van der Waals surface area contributed by atoms with Crippen LogP contribution in [0.2, 0.25) is 0 Å². The van der Waals surface area contributed by atoms with Gasteiger partial charge in [0.25, 0.3) is 11.4 Å². The van der Waals surface area contributed by atoms with Crippen LogP contribution in [-0.4, -0.2) is 16.0 Å². The Hall–Kier alpha value is -2.97. The molecule has 0 fully saturated rings. The number of phosphoric ester groups is 1. The van der Waals surface area contributed by atoms with Crippen LogP contribution in [0.4, 0.5) is 11.4 Å². The molecule has 2 rings (SSSR count). The largest absolute Gasteiger partial charge is 0.587 e. The minimum absolute atomic E-state index is 0.0774. The number of benzene rings is 2. The van der Waals surface area contributed by atoms with Crippen LogP contribution in [0, 0.1) is 20.2 Å². The van der Waals surface area contributed by atoms with Crippen molar-refractivity contribution in [3.05, 3.63) is 68.8 Å². The summed E-state index contributed by atoms with van der Waals surface area (Å²) in [6.45, 7) is 4.13. The van der Waals surface area contributed by atoms with Crippen LogP contribution in [0.15, 0.2) is 48.5 Å². The quantitative estimate of drug-likeness (QED) is 0.113. The Kier molecular flexibility index (Phi) is 10.3. The van der Waals surface area contributed by atoms with Gasteiger partial charge in [-0.15, -0.1) is 0 Å². The van der Waals surface area contributed by atoms with Crippen molar-refractivity contribution in [2.75, 3.05) is 0 Å². The van der Waals surface area contributed by atoms with Crippen molar-refractivity contribution in [1.82, 2.24) is 0 Å². The molecule has 0 N–H and O–H groups in total. The molecule has 11 heteroatoms. The average molecular weight is 480 g/mol. The first-order valence-electron chi connectivity index (χ1n) is 10.9. The van der Waals surface area contributed by atoms with Crippen LogP contribution < -0.4 is 9.05 Å². The highest BCUT2D eigenvalue weighted by Gasteiger charge is 2.34. The van der Waals surface area contributed by atoms with Gasteiger partial charge >= 0.3 is 7.82 Å². The molecule has 0 bridgehead atoms. The summed E-state index contributed by atoms with van der Waals surface area (Å²) in [4.78, 5) is 20.7. The summed E-state index contributed by atoms with van der Waals surface area (Å²) in [7, 11) is -4.23. The van der Waals surface area contributed by atoms with Crippen LogP contribution in [-0.2, 0) is 9.09 Å². The molecule has 33 heavy (non-hydrogen) atoms. The van der Waals surface area contributed by atoms with E-state index >= 15 is 0 Å². The number of non-ortho nitro benzene ring substituents is 2. The molecule has 0 aliphatic carbocycles. The maximum absolute atomic E-state index is 13.7. The number of hydrogen-bond donors (Lipinski definition) is 0. The van der Waals surface area contributed by atoms with Crippen molar-refractivity contribution < 1.29 is 28.0 Å². The molecule has 0 aliphatic rings. The third-order valence-electron chi connectivity index (χ3n) is 4.82. The maximum Gasteiger partial charge on any atom is 0.587 e. The zero-order valence-corrected chi connectivity index (χ0v) is 19.6. The predicted octanol–water partition coefficient (Wildman–Crippen LogP) is 7.22. The molecule has 0 spiro atoms. The highest BCUT2D eigenvalue weighted by atomic mass is 31.2. The molecule has 180 valence electrons. The predicted molar refractivity (Wildman–Crippen MR) is 124 cm³/mol. The molecule has 0 saturated heterocycles. The fourth-order valence-corrected chi connectivity index (χ4v) is 4.52. The molecule has 0 aromatic heterocycles. The Morgan fingerprint density at radius 3 is 1.58 bits per heavy atom. The van der Waals surface area contributed by atoms with Gasteiger partial charge in [0, 0.05) is 24.3 Å². The lowest BCUT2D eigenvalue weighted by molar-refractivity contribution is -0.385. The van der Waals surface area contributed by atoms with Crippen LogP contribution in [0.25, 0.3) is 0 Å². The molecular weight excluding hydrogens is 451 g/mol. The monoisotopic (exact) mass is 480 g/mol. The van der Waals surface area contributed by atoms with E-state index in [-0.39, 0.29) is 29.0 Å². The minimum Gasteiger partial charge on any atom is -0.395 e. The highest BCUT2D eigenvalue weighted by Crippen LogP contribution is 2.52. The van der Waals surface area contributed by atoms with Gasteiger partial charge in [-0.2, -0.15) is 0 Å². The first-order valence-corrected chi connectivity index (χ1v) is 12.4. The van der Waals surface area contributed by atoms with E-state index in [4.69, 9.17) is 13.6 Å². The summed E-state index contributed by atoms with van der Waals surface area (Å²) < 4.78 is 30.7. The van der Waals surface area contributed by atoms with Gasteiger partial charge in [0.1, 0.15) is 11.5 Å². The fourth-order valence-electron chi connectivity index (χ4n) is 3.06. The molecule has 0 heterocycles. The second-order valence-electron chi connectivity index (χ2n) is 7.50. The lowest BCUT2D eigenvalue weighted by Gasteiger charge is -2.24. The minimum atomic E-state index is -4.23. The number of nitro benzene ring substituents is 2. The molecule has 1 atom stereocenters. The van der Waals surface area contributed by atoms with Crippen molar-refractivity contribution in [3.8, 4) is 11.5 Å². The van der Waals surface area contributed by atoms with Gasteiger partial charge in [0.15, 0.2) is 0 Å². The van der Waals surface area contributed by atoms with Crippen molar-refractivity contribution in [3.63, 3.8) is 0 Å². The van der Waals surface area contributed by atoms with Gasteiger partial charge in [-0.25, -0.2) is 4.57 Å². The second kappa shape index (κ2) is 12.9. The Morgan fingerprint density at radius 1 is 0.758 bits per heavy atom. The summed E-state index contributed by atoms with van der Waals surface area (Å²) in [5.74, 6) is 0.155. The zero-order chi connectivity index (χ0) is 24.3. The fraction of sp³-hybridized carbons (Fsp3) is 0.455. The van der Waals surface area contributed by atoms with Crippen LogP contribution in [0.5, 0.6) is 11.5 Å². The molecule has 2 aromatic rings. The molecule has 0 saturated carbocycles. The van der Waals surface area contributed by atoms with E-state index in [9.17, 15) is 24.8 Å². The number of phosphoric acid groups is 1. The third-order valence-corrected chi connectivity index (χ3v) is 6.24. The van der Waals surface area contributed by atoms with E-state index in [1.807, 2.05) is 6.92 Å². The van der Waals surface area contributed by atoms with Gasteiger partial charge in [-0.3, -0.25) is 24.8 Å². The summed E-state index contributed by atoms with van der Waals surface area (Å²) in [5, 5.41) is 21.8. The highest BCUT2D eigenvalue weighted by molar-refractivity contribution is 7.49. The molecule has 0 amide bonds. The summed E-state index contributed by atoms with van der Waals surface area (Å²) in [6.07, 6.45) is 5.68. The molecular formula is C22H29N2O8P. The summed E-state index contributed by atoms with van der Waals surface area (Å²) in [6, 6.07) is 10.1. The van der Waals surface area contributed by atoms with Crippen LogP contribution >= 0.6 is 7.82 Å². The van der Waals surface area contributed by atoms with Crippen LogP contribution in [0.1, 0.15) is 58.8 Å². The first kappa shape index (κ1) is 26.3. The second-order valence-corrected chi connectivity index (χ2v) is 8.97. The number of unbranched alkanes of at least 4 members (excludes halogenated alkanes) is 3. The SMILES string of the molecule is CCCCCC(CCCC)OP(=O)(Oc1ccc([N+](=O)[O-])cc1)Oc1ccc([N+](=O)[O-])cc1. The summed E-state index contributed by atoms with van der Waals surface area (Å²) >= 11 is 0. The average Bonchev–Trinajstić information content (AvgIpc) is 2.78. The normalized spacial score (nSPS) is 12.2. The molecule has 0 aliphatic heterocycles. The molecule has 1 unspecified atom stereocenters. The third kappa shape index (κ3) is 8.82. The standard InChI is InChI=1S/C22H29N2O8P/c1-3-5-7-9-20(8-6-4-2)30-33(29,31-21-14-10-18(11-15-21)23(25)26)32-22-16-12-19(13-17-22)24(27)28/h10-17,20H,3-9H2,1-2H3. The van der Waals surface area contributed by atoms with E-state index in [1.165, 1.54) is 48.5 Å². The van der Waals surface area contributed by atoms with Gasteiger partial charge in [0.05, 0.1) is 16.0 Å². The number of nitrogens with zero attached hydrogens (tertiary/aromatic N) is 2. The smallest absolute Gasteiger partial charge is 0.395 e. The zero-order valence-electron chi connectivity index (χ0n) is 18.8. The first-order chi connectivity index (χ1) is 15.8. The van der Waals surface area contributed by atoms with Gasteiger partial charge in [-0.05, 0) is 37.1 Å². The Bertz CT molecular complexity index is 886. The molecule has 10 nitrogen and oxygen atoms in total. The van der Waals surface area contributed by atoms with E-state index in [0.29, 0.717) is 12.8 Å². The van der Waals surface area contributed by atoms with Gasteiger partial charge in [0.2, 0.25) is 0 Å². The van der Waals surface area contributed by atoms with E-state index in [1.54, 1.807) is 0 Å². The summed E-state index contributed by atoms with van der Waals surface area (Å²) in [5.41, 5.74) is -0.287. The molecule has 2 aromatic carbocycles. The Labute approximate surface area is 192 Å². The van der Waals surface area contributed by atoms with Crippen LogP contribution in [0.3, 0.4) is 0 Å². The Morgan fingerprint density at radius 2 is 1.18 bits per heavy atom. The van der Waals surface area contributed by atoms with Gasteiger partial charge in [-0.1, -0.05) is 46.0 Å².